The van der Waals surface area contributed by atoms with Crippen LogP contribution in [-0.2, 0) is 4.74 Å². The zero-order valence-electron chi connectivity index (χ0n) is 14.2. The molecule has 0 radical (unpaired) electrons. The van der Waals surface area contributed by atoms with E-state index in [4.69, 9.17) is 4.74 Å². The van der Waals surface area contributed by atoms with Crippen LogP contribution in [0.4, 0.5) is 4.79 Å². The van der Waals surface area contributed by atoms with E-state index < -0.39 is 11.7 Å². The van der Waals surface area contributed by atoms with E-state index in [9.17, 15) is 9.90 Å². The number of rotatable bonds is 1. The van der Waals surface area contributed by atoms with E-state index in [2.05, 4.69) is 20.5 Å². The first kappa shape index (κ1) is 17.3. The standard InChI is InChI=1S/C18H23BrN2O3/c1-18(2,3)24-17(23)20-9-8-15(16(22)11-20)21-10-7-12-13(19)5-4-6-14(12)21/h4-7,10,15-16,22H,8-9,11H2,1-3H3/t15-,16-/m1/s1. The van der Waals surface area contributed by atoms with Crippen molar-refractivity contribution in [3.63, 3.8) is 0 Å². The Morgan fingerprint density at radius 2 is 2.08 bits per heavy atom. The summed E-state index contributed by atoms with van der Waals surface area (Å²) in [7, 11) is 0. The number of aliphatic hydroxyl groups is 1. The number of aliphatic hydroxyl groups excluding tert-OH is 1. The zero-order chi connectivity index (χ0) is 17.5. The van der Waals surface area contributed by atoms with E-state index in [-0.39, 0.29) is 18.7 Å². The molecule has 24 heavy (non-hydrogen) atoms. The number of nitrogens with zero attached hydrogens (tertiary/aromatic N) is 2. The summed E-state index contributed by atoms with van der Waals surface area (Å²) in [5.41, 5.74) is 0.557. The summed E-state index contributed by atoms with van der Waals surface area (Å²) < 4.78 is 8.55. The lowest BCUT2D eigenvalue weighted by molar-refractivity contribution is -0.00934. The number of amides is 1. The van der Waals surface area contributed by atoms with Crippen LogP contribution in [0.15, 0.2) is 34.9 Å². The van der Waals surface area contributed by atoms with Gasteiger partial charge in [-0.1, -0.05) is 22.0 Å². The molecule has 5 nitrogen and oxygen atoms in total. The third-order valence-electron chi connectivity index (χ3n) is 4.27. The molecule has 1 amide bonds. The first-order valence-electron chi connectivity index (χ1n) is 8.17. The van der Waals surface area contributed by atoms with Gasteiger partial charge in [0.25, 0.3) is 0 Å². The molecule has 0 unspecified atom stereocenters. The van der Waals surface area contributed by atoms with Gasteiger partial charge in [-0.25, -0.2) is 4.79 Å². The number of likely N-dealkylation sites (tertiary alicyclic amines) is 1. The molecule has 1 aromatic carbocycles. The van der Waals surface area contributed by atoms with Gasteiger partial charge in [0.15, 0.2) is 0 Å². The Kier molecular flexibility index (Phi) is 4.62. The second-order valence-electron chi connectivity index (χ2n) is 7.25. The first-order chi connectivity index (χ1) is 11.3. The number of piperidine rings is 1. The van der Waals surface area contributed by atoms with Crippen LogP contribution in [0.3, 0.4) is 0 Å². The molecule has 2 heterocycles. The minimum absolute atomic E-state index is 0.0458. The minimum atomic E-state index is -0.624. The number of aromatic nitrogens is 1. The Morgan fingerprint density at radius 1 is 1.33 bits per heavy atom. The third kappa shape index (κ3) is 3.44. The largest absolute Gasteiger partial charge is 0.444 e. The van der Waals surface area contributed by atoms with Gasteiger partial charge in [0.1, 0.15) is 5.60 Å². The van der Waals surface area contributed by atoms with Gasteiger partial charge in [-0.2, -0.15) is 0 Å². The molecule has 0 spiro atoms. The lowest BCUT2D eigenvalue weighted by atomic mass is 10.0. The van der Waals surface area contributed by atoms with E-state index in [1.54, 1.807) is 4.90 Å². The molecule has 2 aromatic rings. The molecule has 1 N–H and O–H groups in total. The Hall–Kier alpha value is -1.53. The van der Waals surface area contributed by atoms with Crippen LogP contribution in [0.25, 0.3) is 10.9 Å². The van der Waals surface area contributed by atoms with Crippen LogP contribution in [-0.4, -0.2) is 45.5 Å². The van der Waals surface area contributed by atoms with Crippen molar-refractivity contribution in [2.24, 2.45) is 0 Å². The lowest BCUT2D eigenvalue weighted by Gasteiger charge is -2.37. The number of hydrogen-bond donors (Lipinski definition) is 1. The summed E-state index contributed by atoms with van der Waals surface area (Å²) >= 11 is 3.56. The van der Waals surface area contributed by atoms with Gasteiger partial charge in [-0.05, 0) is 45.4 Å². The zero-order valence-corrected chi connectivity index (χ0v) is 15.8. The molecule has 1 aromatic heterocycles. The number of ether oxygens (including phenoxy) is 1. The quantitative estimate of drug-likeness (QED) is 0.796. The molecule has 1 aliphatic rings. The highest BCUT2D eigenvalue weighted by Crippen LogP contribution is 2.31. The lowest BCUT2D eigenvalue weighted by Crippen LogP contribution is -2.48. The summed E-state index contributed by atoms with van der Waals surface area (Å²) in [5.74, 6) is 0. The summed E-state index contributed by atoms with van der Waals surface area (Å²) in [6, 6.07) is 8.05. The van der Waals surface area contributed by atoms with Crippen LogP contribution in [0.1, 0.15) is 33.2 Å². The van der Waals surface area contributed by atoms with Crippen molar-refractivity contribution in [3.05, 3.63) is 34.9 Å². The molecule has 3 rings (SSSR count). The Labute approximate surface area is 150 Å². The predicted molar refractivity (Wildman–Crippen MR) is 97.1 cm³/mol. The molecule has 1 aliphatic heterocycles. The normalized spacial score (nSPS) is 22.0. The highest BCUT2D eigenvalue weighted by atomic mass is 79.9. The maximum atomic E-state index is 12.2. The molecule has 6 heteroatoms. The van der Waals surface area contributed by atoms with Gasteiger partial charge in [0.05, 0.1) is 18.7 Å². The van der Waals surface area contributed by atoms with Crippen LogP contribution < -0.4 is 0 Å². The third-order valence-corrected chi connectivity index (χ3v) is 4.96. The summed E-state index contributed by atoms with van der Waals surface area (Å²) in [4.78, 5) is 13.8. The molecule has 2 atom stereocenters. The fourth-order valence-electron chi connectivity index (χ4n) is 3.18. The molecule has 1 saturated heterocycles. The number of β-amino-alcohol motifs (C(OH)–C–C–N with tert-alkyl or cyclic N) is 1. The van der Waals surface area contributed by atoms with Crippen LogP contribution in [0.2, 0.25) is 0 Å². The van der Waals surface area contributed by atoms with Crippen LogP contribution in [0.5, 0.6) is 0 Å². The second kappa shape index (κ2) is 6.41. The fraction of sp³-hybridized carbons (Fsp3) is 0.500. The topological polar surface area (TPSA) is 54.7 Å². The maximum Gasteiger partial charge on any atom is 0.410 e. The predicted octanol–water partition coefficient (Wildman–Crippen LogP) is 3.95. The van der Waals surface area contributed by atoms with E-state index in [1.165, 1.54) is 0 Å². The molecular formula is C18H23BrN2O3. The van der Waals surface area contributed by atoms with Crippen molar-refractivity contribution in [1.29, 1.82) is 0 Å². The molecule has 130 valence electrons. The van der Waals surface area contributed by atoms with E-state index in [0.29, 0.717) is 13.0 Å². The highest BCUT2D eigenvalue weighted by Gasteiger charge is 2.33. The second-order valence-corrected chi connectivity index (χ2v) is 8.10. The number of carbonyl (C=O) groups is 1. The highest BCUT2D eigenvalue weighted by molar-refractivity contribution is 9.10. The fourth-order valence-corrected chi connectivity index (χ4v) is 3.66. The van der Waals surface area contributed by atoms with Gasteiger partial charge in [0, 0.05) is 28.1 Å². The summed E-state index contributed by atoms with van der Waals surface area (Å²) in [6.07, 6.45) is 1.71. The van der Waals surface area contributed by atoms with Gasteiger partial charge < -0.3 is 19.3 Å². The van der Waals surface area contributed by atoms with Gasteiger partial charge >= 0.3 is 6.09 Å². The van der Waals surface area contributed by atoms with Crippen LogP contribution >= 0.6 is 15.9 Å². The monoisotopic (exact) mass is 394 g/mol. The molecule has 0 aliphatic carbocycles. The first-order valence-corrected chi connectivity index (χ1v) is 8.96. The molecule has 0 bridgehead atoms. The van der Waals surface area contributed by atoms with Gasteiger partial charge in [0.2, 0.25) is 0 Å². The molecular weight excluding hydrogens is 372 g/mol. The van der Waals surface area contributed by atoms with E-state index in [1.807, 2.05) is 51.2 Å². The number of carbonyl (C=O) groups excluding carboxylic acids is 1. The average molecular weight is 395 g/mol. The minimum Gasteiger partial charge on any atom is -0.444 e. The molecule has 0 saturated carbocycles. The number of fused-ring (bicyclic) bond motifs is 1. The summed E-state index contributed by atoms with van der Waals surface area (Å²) in [6.45, 7) is 6.39. The van der Waals surface area contributed by atoms with Gasteiger partial charge in [-0.15, -0.1) is 0 Å². The number of halogens is 1. The van der Waals surface area contributed by atoms with Crippen molar-refractivity contribution in [1.82, 2.24) is 9.47 Å². The van der Waals surface area contributed by atoms with Crippen molar-refractivity contribution in [2.75, 3.05) is 13.1 Å². The molecule has 1 fully saturated rings. The Balaban J connectivity index is 1.76. The smallest absolute Gasteiger partial charge is 0.410 e. The van der Waals surface area contributed by atoms with Crippen molar-refractivity contribution < 1.29 is 14.6 Å². The SMILES string of the molecule is CC(C)(C)OC(=O)N1CC[C@@H](n2ccc3c(Br)cccc32)[C@H](O)C1. The van der Waals surface area contributed by atoms with Crippen molar-refractivity contribution >= 4 is 32.9 Å². The Morgan fingerprint density at radius 3 is 2.75 bits per heavy atom. The van der Waals surface area contributed by atoms with E-state index >= 15 is 0 Å². The average Bonchev–Trinajstić information content (AvgIpc) is 2.90. The van der Waals surface area contributed by atoms with Gasteiger partial charge in [-0.3, -0.25) is 0 Å². The van der Waals surface area contributed by atoms with Crippen molar-refractivity contribution in [2.45, 2.75) is 44.9 Å². The Bertz CT molecular complexity index is 750. The van der Waals surface area contributed by atoms with Crippen molar-refractivity contribution in [3.8, 4) is 0 Å². The summed E-state index contributed by atoms with van der Waals surface area (Å²) in [5, 5.41) is 11.7. The maximum absolute atomic E-state index is 12.2. The van der Waals surface area contributed by atoms with Crippen LogP contribution in [0, 0.1) is 0 Å². The number of benzene rings is 1. The number of hydrogen-bond acceptors (Lipinski definition) is 3. The van der Waals surface area contributed by atoms with E-state index in [0.717, 1.165) is 15.4 Å².